The first kappa shape index (κ1) is 17.7. The minimum Gasteiger partial charge on any atom is -0.482 e. The summed E-state index contributed by atoms with van der Waals surface area (Å²) in [6.45, 7) is 4.38. The normalized spacial score (nSPS) is 28.8. The number of fused-ring (bicyclic) bond motifs is 1. The van der Waals surface area contributed by atoms with Gasteiger partial charge in [0, 0.05) is 24.7 Å². The van der Waals surface area contributed by atoms with E-state index in [1.165, 1.54) is 0 Å². The largest absolute Gasteiger partial charge is 0.482 e. The first-order chi connectivity index (χ1) is 12.0. The van der Waals surface area contributed by atoms with E-state index in [1.807, 2.05) is 0 Å². The molecule has 1 saturated heterocycles. The van der Waals surface area contributed by atoms with Crippen LogP contribution in [-0.2, 0) is 9.59 Å². The average Bonchev–Trinajstić information content (AvgIpc) is 2.59. The molecule has 2 amide bonds. The van der Waals surface area contributed by atoms with Crippen LogP contribution in [0.25, 0.3) is 0 Å². The summed E-state index contributed by atoms with van der Waals surface area (Å²) < 4.78 is 5.44. The molecule has 1 aromatic rings. The monoisotopic (exact) mass is 345 g/mol. The van der Waals surface area contributed by atoms with Gasteiger partial charge in [-0.1, -0.05) is 13.8 Å². The van der Waals surface area contributed by atoms with E-state index in [2.05, 4.69) is 29.5 Å². The van der Waals surface area contributed by atoms with Gasteiger partial charge < -0.3 is 15.4 Å². The van der Waals surface area contributed by atoms with Gasteiger partial charge in [-0.3, -0.25) is 14.6 Å². The molecule has 4 atom stereocenters. The van der Waals surface area contributed by atoms with E-state index in [4.69, 9.17) is 4.74 Å². The van der Waals surface area contributed by atoms with Crippen molar-refractivity contribution in [3.8, 4) is 5.75 Å². The molecule has 1 aliphatic carbocycles. The number of amides is 2. The van der Waals surface area contributed by atoms with Crippen LogP contribution >= 0.6 is 0 Å². The molecule has 4 unspecified atom stereocenters. The number of piperidine rings is 1. The van der Waals surface area contributed by atoms with Crippen molar-refractivity contribution in [1.82, 2.24) is 15.6 Å². The third kappa shape index (κ3) is 4.50. The van der Waals surface area contributed by atoms with E-state index in [-0.39, 0.29) is 30.5 Å². The lowest BCUT2D eigenvalue weighted by molar-refractivity contribution is -0.128. The predicted molar refractivity (Wildman–Crippen MR) is 93.9 cm³/mol. The third-order valence-corrected chi connectivity index (χ3v) is 5.45. The van der Waals surface area contributed by atoms with Crippen molar-refractivity contribution < 1.29 is 14.3 Å². The minimum absolute atomic E-state index is 0.0166. The van der Waals surface area contributed by atoms with Gasteiger partial charge in [-0.15, -0.1) is 0 Å². The molecule has 3 rings (SSSR count). The van der Waals surface area contributed by atoms with E-state index in [1.54, 1.807) is 24.5 Å². The van der Waals surface area contributed by atoms with Gasteiger partial charge in [0.15, 0.2) is 6.61 Å². The minimum atomic E-state index is -0.130. The summed E-state index contributed by atoms with van der Waals surface area (Å²) in [6, 6.07) is 3.81. The Morgan fingerprint density at radius 3 is 3.00 bits per heavy atom. The first-order valence-corrected chi connectivity index (χ1v) is 9.14. The fourth-order valence-corrected chi connectivity index (χ4v) is 4.22. The quantitative estimate of drug-likeness (QED) is 0.854. The average molecular weight is 345 g/mol. The van der Waals surface area contributed by atoms with Crippen LogP contribution < -0.4 is 15.4 Å². The van der Waals surface area contributed by atoms with Crippen molar-refractivity contribution in [3.05, 3.63) is 24.5 Å². The molecule has 2 aliphatic rings. The van der Waals surface area contributed by atoms with Crippen molar-refractivity contribution >= 4 is 11.8 Å². The van der Waals surface area contributed by atoms with Gasteiger partial charge >= 0.3 is 0 Å². The highest BCUT2D eigenvalue weighted by Crippen LogP contribution is 2.38. The van der Waals surface area contributed by atoms with Gasteiger partial charge in [0.05, 0.1) is 6.20 Å². The maximum absolute atomic E-state index is 12.1. The van der Waals surface area contributed by atoms with E-state index in [0.717, 1.165) is 19.3 Å². The Hall–Kier alpha value is -2.11. The molecule has 0 radical (unpaired) electrons. The van der Waals surface area contributed by atoms with Crippen LogP contribution in [0.5, 0.6) is 5.75 Å². The number of carbonyl (C=O) groups is 2. The van der Waals surface area contributed by atoms with E-state index < -0.39 is 0 Å². The molecule has 2 fully saturated rings. The molecule has 1 saturated carbocycles. The highest BCUT2D eigenvalue weighted by molar-refractivity contribution is 5.78. The van der Waals surface area contributed by atoms with Crippen LogP contribution in [0, 0.1) is 17.8 Å². The van der Waals surface area contributed by atoms with Gasteiger partial charge in [-0.2, -0.15) is 0 Å². The predicted octanol–water partition coefficient (Wildman–Crippen LogP) is 1.91. The fraction of sp³-hybridized carbons (Fsp3) is 0.632. The maximum atomic E-state index is 12.1. The molecule has 0 aromatic carbocycles. The number of hydrogen-bond donors (Lipinski definition) is 2. The summed E-state index contributed by atoms with van der Waals surface area (Å²) in [7, 11) is 0. The molecule has 136 valence electrons. The summed E-state index contributed by atoms with van der Waals surface area (Å²) in [4.78, 5) is 28.1. The molecule has 2 heterocycles. The topological polar surface area (TPSA) is 80.3 Å². The van der Waals surface area contributed by atoms with Crippen molar-refractivity contribution in [2.75, 3.05) is 6.61 Å². The molecule has 0 bridgehead atoms. The van der Waals surface area contributed by atoms with Gasteiger partial charge in [0.2, 0.25) is 5.91 Å². The second-order valence-corrected chi connectivity index (χ2v) is 7.50. The summed E-state index contributed by atoms with van der Waals surface area (Å²) in [6.07, 6.45) is 6.69. The number of nitrogens with one attached hydrogen (secondary N) is 2. The van der Waals surface area contributed by atoms with Gasteiger partial charge in [-0.25, -0.2) is 0 Å². The van der Waals surface area contributed by atoms with E-state index in [0.29, 0.717) is 29.9 Å². The Labute approximate surface area is 148 Å². The lowest BCUT2D eigenvalue weighted by atomic mass is 9.67. The Morgan fingerprint density at radius 2 is 2.28 bits per heavy atom. The molecule has 1 aliphatic heterocycles. The molecule has 1 aromatic heterocycles. The molecule has 2 N–H and O–H groups in total. The van der Waals surface area contributed by atoms with Crippen LogP contribution in [0.2, 0.25) is 0 Å². The Bertz CT molecular complexity index is 605. The maximum Gasteiger partial charge on any atom is 0.258 e. The molecular formula is C19H27N3O3. The molecule has 6 heteroatoms. The number of carbonyl (C=O) groups excluding carboxylic acids is 2. The number of pyridine rings is 1. The lowest BCUT2D eigenvalue weighted by Gasteiger charge is -2.45. The second-order valence-electron chi connectivity index (χ2n) is 7.50. The zero-order chi connectivity index (χ0) is 17.8. The number of aromatic nitrogens is 1. The zero-order valence-corrected chi connectivity index (χ0v) is 14.9. The van der Waals surface area contributed by atoms with Gasteiger partial charge in [0.25, 0.3) is 5.91 Å². The number of hydrogen-bond acceptors (Lipinski definition) is 4. The van der Waals surface area contributed by atoms with Crippen LogP contribution in [0.4, 0.5) is 0 Å². The number of ether oxygens (including phenoxy) is 1. The van der Waals surface area contributed by atoms with Crippen molar-refractivity contribution in [3.63, 3.8) is 0 Å². The van der Waals surface area contributed by atoms with Crippen LogP contribution in [0.1, 0.15) is 39.5 Å². The smallest absolute Gasteiger partial charge is 0.258 e. The van der Waals surface area contributed by atoms with Crippen LogP contribution in [0.15, 0.2) is 24.5 Å². The summed E-state index contributed by atoms with van der Waals surface area (Å²) in [5, 5.41) is 6.18. The summed E-state index contributed by atoms with van der Waals surface area (Å²) >= 11 is 0. The van der Waals surface area contributed by atoms with Crippen LogP contribution in [-0.4, -0.2) is 35.5 Å². The Morgan fingerprint density at radius 1 is 1.44 bits per heavy atom. The Kier molecular flexibility index (Phi) is 5.56. The van der Waals surface area contributed by atoms with Crippen LogP contribution in [0.3, 0.4) is 0 Å². The summed E-state index contributed by atoms with van der Waals surface area (Å²) in [5.41, 5.74) is 0. The van der Waals surface area contributed by atoms with Crippen molar-refractivity contribution in [1.29, 1.82) is 0 Å². The number of rotatable bonds is 5. The van der Waals surface area contributed by atoms with E-state index in [9.17, 15) is 9.59 Å². The van der Waals surface area contributed by atoms with Gasteiger partial charge in [-0.05, 0) is 49.1 Å². The zero-order valence-electron chi connectivity index (χ0n) is 14.9. The molecule has 0 spiro atoms. The molecule has 6 nitrogen and oxygen atoms in total. The highest BCUT2D eigenvalue weighted by atomic mass is 16.5. The lowest BCUT2D eigenvalue weighted by Crippen LogP contribution is -2.56. The number of nitrogens with zero attached hydrogens (tertiary/aromatic N) is 1. The van der Waals surface area contributed by atoms with Crippen molar-refractivity contribution in [2.45, 2.75) is 51.6 Å². The Balaban J connectivity index is 1.50. The standard InChI is InChI=1S/C19H27N3O3/c1-12(2)16-9-18(23)22-17-8-13(5-6-15(16)17)21-19(24)11-25-14-4-3-7-20-10-14/h3-4,7,10,12-13,15-17H,5-6,8-9,11H2,1-2H3,(H,21,24)(H,22,23). The SMILES string of the molecule is CC(C)C1CC(=O)NC2CC(NC(=O)COc3cccnc3)CCC21. The van der Waals surface area contributed by atoms with Gasteiger partial charge in [0.1, 0.15) is 5.75 Å². The first-order valence-electron chi connectivity index (χ1n) is 9.14. The van der Waals surface area contributed by atoms with Crippen molar-refractivity contribution in [2.24, 2.45) is 17.8 Å². The fourth-order valence-electron chi connectivity index (χ4n) is 4.22. The highest BCUT2D eigenvalue weighted by Gasteiger charge is 2.41. The van der Waals surface area contributed by atoms with E-state index >= 15 is 0 Å². The molecule has 25 heavy (non-hydrogen) atoms. The molecular weight excluding hydrogens is 318 g/mol. The second kappa shape index (κ2) is 7.85. The third-order valence-electron chi connectivity index (χ3n) is 5.45. The summed E-state index contributed by atoms with van der Waals surface area (Å²) in [5.74, 6) is 2.08.